The molecule has 0 radical (unpaired) electrons. The Morgan fingerprint density at radius 1 is 1.11 bits per heavy atom. The zero-order valence-corrected chi connectivity index (χ0v) is 11.4. The van der Waals surface area contributed by atoms with Crippen LogP contribution in [0.25, 0.3) is 0 Å². The first-order valence-corrected chi connectivity index (χ1v) is 7.47. The molecule has 3 N–H and O–H groups in total. The lowest BCUT2D eigenvalue weighted by atomic mass is 10.1. The highest BCUT2D eigenvalue weighted by Gasteiger charge is 2.14. The largest absolute Gasteiger partial charge is 0.397 e. The van der Waals surface area contributed by atoms with Crippen molar-refractivity contribution in [3.05, 3.63) is 54.1 Å². The third-order valence-corrected chi connectivity index (χ3v) is 4.20. The lowest BCUT2D eigenvalue weighted by molar-refractivity contribution is 0.601. The zero-order valence-electron chi connectivity index (χ0n) is 10.6. The number of benzene rings is 2. The third kappa shape index (κ3) is 3.06. The van der Waals surface area contributed by atoms with E-state index in [2.05, 4.69) is 4.72 Å². The van der Waals surface area contributed by atoms with Crippen LogP contribution in [0.3, 0.4) is 0 Å². The molecule has 0 heterocycles. The molecule has 0 aliphatic heterocycles. The van der Waals surface area contributed by atoms with Gasteiger partial charge in [0.1, 0.15) is 0 Å². The van der Waals surface area contributed by atoms with Crippen LogP contribution in [0.5, 0.6) is 0 Å². The normalized spacial score (nSPS) is 11.2. The zero-order chi connectivity index (χ0) is 13.9. The van der Waals surface area contributed by atoms with Crippen molar-refractivity contribution in [2.24, 2.45) is 0 Å². The maximum atomic E-state index is 12.1. The average molecular weight is 276 g/mol. The second kappa shape index (κ2) is 5.32. The fourth-order valence-corrected chi connectivity index (χ4v) is 2.84. The molecule has 0 aromatic heterocycles. The van der Waals surface area contributed by atoms with Gasteiger partial charge in [0.05, 0.1) is 16.3 Å². The second-order valence-corrected chi connectivity index (χ2v) is 5.88. The Balaban J connectivity index is 2.31. The van der Waals surface area contributed by atoms with Crippen molar-refractivity contribution < 1.29 is 8.42 Å². The van der Waals surface area contributed by atoms with Crippen LogP contribution in [0.15, 0.2) is 53.4 Å². The van der Waals surface area contributed by atoms with Crippen LogP contribution in [0.1, 0.15) is 12.5 Å². The van der Waals surface area contributed by atoms with Crippen LogP contribution >= 0.6 is 0 Å². The summed E-state index contributed by atoms with van der Waals surface area (Å²) in [4.78, 5) is 0.217. The minimum absolute atomic E-state index is 0.217. The van der Waals surface area contributed by atoms with Gasteiger partial charge in [0.2, 0.25) is 0 Å². The van der Waals surface area contributed by atoms with Crippen molar-refractivity contribution in [2.45, 2.75) is 18.2 Å². The Morgan fingerprint density at radius 2 is 1.79 bits per heavy atom. The lowest BCUT2D eigenvalue weighted by Crippen LogP contribution is -2.14. The predicted molar refractivity (Wildman–Crippen MR) is 77.5 cm³/mol. The Bertz CT molecular complexity index is 667. The molecule has 2 rings (SSSR count). The molecule has 0 spiro atoms. The molecule has 0 saturated heterocycles. The van der Waals surface area contributed by atoms with Crippen LogP contribution in [-0.2, 0) is 16.4 Å². The fraction of sp³-hybridized carbons (Fsp3) is 0.143. The number of rotatable bonds is 4. The van der Waals surface area contributed by atoms with Gasteiger partial charge in [0, 0.05) is 0 Å². The maximum absolute atomic E-state index is 12.1. The van der Waals surface area contributed by atoms with Gasteiger partial charge in [0.15, 0.2) is 0 Å². The predicted octanol–water partition coefficient (Wildman–Crippen LogP) is 2.63. The first kappa shape index (κ1) is 13.4. The van der Waals surface area contributed by atoms with Gasteiger partial charge in [0.25, 0.3) is 10.0 Å². The van der Waals surface area contributed by atoms with Gasteiger partial charge in [-0.2, -0.15) is 0 Å². The molecule has 0 fully saturated rings. The summed E-state index contributed by atoms with van der Waals surface area (Å²) in [6, 6.07) is 13.5. The van der Waals surface area contributed by atoms with Crippen molar-refractivity contribution in [1.82, 2.24) is 0 Å². The molecular formula is C14H16N2O2S. The van der Waals surface area contributed by atoms with Gasteiger partial charge >= 0.3 is 0 Å². The SMILES string of the molecule is CCc1ccc(NS(=O)(=O)c2ccccc2)c(N)c1. The standard InChI is InChI=1S/C14H16N2O2S/c1-2-11-8-9-14(13(15)10-11)16-19(17,18)12-6-4-3-5-7-12/h3-10,16H,2,15H2,1H3. The van der Waals surface area contributed by atoms with Crippen molar-refractivity contribution in [1.29, 1.82) is 0 Å². The highest BCUT2D eigenvalue weighted by molar-refractivity contribution is 7.92. The van der Waals surface area contributed by atoms with E-state index in [0.29, 0.717) is 11.4 Å². The van der Waals surface area contributed by atoms with Crippen molar-refractivity contribution in [2.75, 3.05) is 10.5 Å². The van der Waals surface area contributed by atoms with Crippen LogP contribution in [0, 0.1) is 0 Å². The number of sulfonamides is 1. The minimum atomic E-state index is -3.59. The summed E-state index contributed by atoms with van der Waals surface area (Å²) in [6.07, 6.45) is 0.857. The van der Waals surface area contributed by atoms with E-state index >= 15 is 0 Å². The van der Waals surface area contributed by atoms with E-state index in [1.165, 1.54) is 0 Å². The smallest absolute Gasteiger partial charge is 0.261 e. The Labute approximate surface area is 113 Å². The molecule has 2 aromatic carbocycles. The molecule has 0 bridgehead atoms. The minimum Gasteiger partial charge on any atom is -0.397 e. The quantitative estimate of drug-likeness (QED) is 0.843. The highest BCUT2D eigenvalue weighted by Crippen LogP contribution is 2.23. The fourth-order valence-electron chi connectivity index (χ4n) is 1.73. The molecule has 4 nitrogen and oxygen atoms in total. The monoisotopic (exact) mass is 276 g/mol. The van der Waals surface area contributed by atoms with Gasteiger partial charge in [-0.3, -0.25) is 4.72 Å². The number of hydrogen-bond donors (Lipinski definition) is 2. The van der Waals surface area contributed by atoms with Crippen molar-refractivity contribution in [3.8, 4) is 0 Å². The molecule has 5 heteroatoms. The number of hydrogen-bond acceptors (Lipinski definition) is 3. The van der Waals surface area contributed by atoms with Gasteiger partial charge in [-0.05, 0) is 36.2 Å². The molecular weight excluding hydrogens is 260 g/mol. The van der Waals surface area contributed by atoms with Crippen LogP contribution in [0.4, 0.5) is 11.4 Å². The van der Waals surface area contributed by atoms with E-state index in [9.17, 15) is 8.42 Å². The van der Waals surface area contributed by atoms with Gasteiger partial charge < -0.3 is 5.73 Å². The molecule has 0 saturated carbocycles. The van der Waals surface area contributed by atoms with Gasteiger partial charge in [-0.15, -0.1) is 0 Å². The average Bonchev–Trinajstić information content (AvgIpc) is 2.42. The number of aryl methyl sites for hydroxylation is 1. The lowest BCUT2D eigenvalue weighted by Gasteiger charge is -2.11. The summed E-state index contributed by atoms with van der Waals surface area (Å²) in [5.41, 5.74) is 7.76. The topological polar surface area (TPSA) is 72.2 Å². The van der Waals surface area contributed by atoms with Crippen molar-refractivity contribution >= 4 is 21.4 Å². The summed E-state index contributed by atoms with van der Waals surface area (Å²) in [6.45, 7) is 2.02. The van der Waals surface area contributed by atoms with E-state index in [4.69, 9.17) is 5.73 Å². The van der Waals surface area contributed by atoms with Gasteiger partial charge in [-0.25, -0.2) is 8.42 Å². The molecule has 0 unspecified atom stereocenters. The van der Waals surface area contributed by atoms with Crippen molar-refractivity contribution in [3.63, 3.8) is 0 Å². The summed E-state index contributed by atoms with van der Waals surface area (Å²) in [5, 5.41) is 0. The Morgan fingerprint density at radius 3 is 2.37 bits per heavy atom. The van der Waals surface area contributed by atoms with E-state index < -0.39 is 10.0 Å². The first-order valence-electron chi connectivity index (χ1n) is 5.99. The molecule has 0 atom stereocenters. The maximum Gasteiger partial charge on any atom is 0.261 e. The highest BCUT2D eigenvalue weighted by atomic mass is 32.2. The second-order valence-electron chi connectivity index (χ2n) is 4.19. The molecule has 0 aliphatic carbocycles. The number of nitrogen functional groups attached to an aromatic ring is 1. The van der Waals surface area contributed by atoms with Crippen LogP contribution in [-0.4, -0.2) is 8.42 Å². The third-order valence-electron chi connectivity index (χ3n) is 2.82. The van der Waals surface area contributed by atoms with Crippen LogP contribution in [0.2, 0.25) is 0 Å². The molecule has 0 amide bonds. The molecule has 0 aliphatic rings. The number of nitrogens with one attached hydrogen (secondary N) is 1. The summed E-state index contributed by atoms with van der Waals surface area (Å²) in [7, 11) is -3.59. The van der Waals surface area contributed by atoms with Crippen LogP contribution < -0.4 is 10.5 Å². The van der Waals surface area contributed by atoms with Gasteiger partial charge in [-0.1, -0.05) is 31.2 Å². The summed E-state index contributed by atoms with van der Waals surface area (Å²) in [5.74, 6) is 0. The first-order chi connectivity index (χ1) is 9.03. The number of nitrogens with two attached hydrogens (primary N) is 1. The summed E-state index contributed by atoms with van der Waals surface area (Å²) >= 11 is 0. The summed E-state index contributed by atoms with van der Waals surface area (Å²) < 4.78 is 26.8. The molecule has 100 valence electrons. The molecule has 19 heavy (non-hydrogen) atoms. The van der Waals surface area contributed by atoms with E-state index in [1.54, 1.807) is 42.5 Å². The van der Waals surface area contributed by atoms with E-state index in [-0.39, 0.29) is 4.90 Å². The van der Waals surface area contributed by atoms with E-state index in [0.717, 1.165) is 12.0 Å². The Hall–Kier alpha value is -2.01. The Kier molecular flexibility index (Phi) is 3.76. The number of anilines is 2. The molecule has 2 aromatic rings. The van der Waals surface area contributed by atoms with E-state index in [1.807, 2.05) is 13.0 Å².